The van der Waals surface area contributed by atoms with Gasteiger partial charge in [-0.15, -0.1) is 24.0 Å². The fraction of sp³-hybridized carbons (Fsp3) is 0.684. The molecule has 0 spiro atoms. The van der Waals surface area contributed by atoms with Gasteiger partial charge in [-0.3, -0.25) is 4.99 Å². The largest absolute Gasteiger partial charge is 0.354 e. The highest BCUT2D eigenvalue weighted by Gasteiger charge is 2.21. The maximum absolute atomic E-state index is 4.58. The summed E-state index contributed by atoms with van der Waals surface area (Å²) in [5.74, 6) is 3.29. The quantitative estimate of drug-likeness (QED) is 0.386. The smallest absolute Gasteiger partial charge is 0.193 e. The Morgan fingerprint density at radius 2 is 2.07 bits per heavy atom. The molecule has 1 unspecified atom stereocenters. The third-order valence-corrected chi connectivity index (χ3v) is 6.57. The van der Waals surface area contributed by atoms with Crippen LogP contribution in [0.1, 0.15) is 18.9 Å². The zero-order valence-corrected chi connectivity index (χ0v) is 19.9. The number of thioether (sulfide) groups is 1. The van der Waals surface area contributed by atoms with Gasteiger partial charge in [0.1, 0.15) is 5.82 Å². The van der Waals surface area contributed by atoms with E-state index in [0.29, 0.717) is 5.25 Å². The first-order valence-electron chi connectivity index (χ1n) is 9.65. The molecule has 3 heterocycles. The van der Waals surface area contributed by atoms with Crippen molar-refractivity contribution < 1.29 is 0 Å². The van der Waals surface area contributed by atoms with E-state index in [4.69, 9.17) is 0 Å². The second kappa shape index (κ2) is 11.3. The molecule has 0 bridgehead atoms. The van der Waals surface area contributed by atoms with Gasteiger partial charge in [-0.1, -0.05) is 6.92 Å². The second-order valence-corrected chi connectivity index (χ2v) is 8.47. The van der Waals surface area contributed by atoms with Crippen LogP contribution in [0.4, 0.5) is 5.82 Å². The molecule has 0 aliphatic carbocycles. The van der Waals surface area contributed by atoms with E-state index < -0.39 is 0 Å². The Morgan fingerprint density at radius 1 is 1.30 bits per heavy atom. The Hall–Kier alpha value is -0.740. The van der Waals surface area contributed by atoms with Gasteiger partial charge in [0.05, 0.1) is 0 Å². The molecule has 152 valence electrons. The first-order valence-corrected chi connectivity index (χ1v) is 10.7. The summed E-state index contributed by atoms with van der Waals surface area (Å²) in [4.78, 5) is 16.2. The molecule has 0 amide bonds. The third kappa shape index (κ3) is 6.39. The number of anilines is 1. The van der Waals surface area contributed by atoms with E-state index in [2.05, 4.69) is 67.9 Å². The van der Waals surface area contributed by atoms with Crippen molar-refractivity contribution >= 4 is 47.5 Å². The number of piperazine rings is 1. The van der Waals surface area contributed by atoms with Crippen molar-refractivity contribution in [3.8, 4) is 0 Å². The van der Waals surface area contributed by atoms with E-state index in [1.165, 1.54) is 17.7 Å². The number of likely N-dealkylation sites (N-methyl/N-ethyl adjacent to an activating group) is 1. The lowest BCUT2D eigenvalue weighted by Gasteiger charge is -2.34. The molecule has 2 aliphatic heterocycles. The number of halogens is 1. The van der Waals surface area contributed by atoms with Crippen LogP contribution in [-0.4, -0.2) is 85.1 Å². The van der Waals surface area contributed by atoms with Crippen LogP contribution in [0, 0.1) is 0 Å². The predicted molar refractivity (Wildman–Crippen MR) is 128 cm³/mol. The summed E-state index contributed by atoms with van der Waals surface area (Å²) in [6.07, 6.45) is 3.15. The van der Waals surface area contributed by atoms with Crippen molar-refractivity contribution in [3.63, 3.8) is 0 Å². The highest BCUT2D eigenvalue weighted by atomic mass is 127. The number of guanidine groups is 1. The summed E-state index contributed by atoms with van der Waals surface area (Å²) < 4.78 is 0. The van der Waals surface area contributed by atoms with Gasteiger partial charge < -0.3 is 20.0 Å². The van der Waals surface area contributed by atoms with Crippen LogP contribution < -0.4 is 10.2 Å². The summed E-state index contributed by atoms with van der Waals surface area (Å²) in [6.45, 7) is 9.51. The van der Waals surface area contributed by atoms with Crippen molar-refractivity contribution in [2.45, 2.75) is 25.1 Å². The van der Waals surface area contributed by atoms with Crippen LogP contribution in [-0.2, 0) is 6.54 Å². The van der Waals surface area contributed by atoms with E-state index in [1.807, 2.05) is 13.2 Å². The highest BCUT2D eigenvalue weighted by molar-refractivity contribution is 14.0. The average Bonchev–Trinajstić information content (AvgIpc) is 2.69. The highest BCUT2D eigenvalue weighted by Crippen LogP contribution is 2.21. The van der Waals surface area contributed by atoms with Crippen LogP contribution in [0.25, 0.3) is 0 Å². The number of hydrogen-bond donors (Lipinski definition) is 1. The lowest BCUT2D eigenvalue weighted by molar-refractivity contribution is 0.312. The lowest BCUT2D eigenvalue weighted by atomic mass is 10.2. The topological polar surface area (TPSA) is 47.0 Å². The third-order valence-electron chi connectivity index (χ3n) is 5.19. The summed E-state index contributed by atoms with van der Waals surface area (Å²) in [5.41, 5.74) is 1.26. The minimum atomic E-state index is 0. The molecule has 1 atom stereocenters. The predicted octanol–water partition coefficient (Wildman–Crippen LogP) is 2.35. The molecule has 2 aliphatic rings. The van der Waals surface area contributed by atoms with Crippen LogP contribution >= 0.6 is 35.7 Å². The molecule has 1 N–H and O–H groups in total. The van der Waals surface area contributed by atoms with E-state index in [0.717, 1.165) is 57.6 Å². The molecule has 2 fully saturated rings. The van der Waals surface area contributed by atoms with Gasteiger partial charge in [-0.05, 0) is 31.2 Å². The van der Waals surface area contributed by atoms with E-state index in [-0.39, 0.29) is 24.0 Å². The maximum Gasteiger partial charge on any atom is 0.193 e. The zero-order valence-electron chi connectivity index (χ0n) is 16.7. The first kappa shape index (κ1) is 22.5. The van der Waals surface area contributed by atoms with Crippen LogP contribution in [0.3, 0.4) is 0 Å². The molecule has 1 aromatic rings. The Kier molecular flexibility index (Phi) is 9.44. The molecule has 0 saturated carbocycles. The monoisotopic (exact) mass is 504 g/mol. The number of hydrogen-bond acceptors (Lipinski definition) is 5. The summed E-state index contributed by atoms with van der Waals surface area (Å²) in [7, 11) is 4.06. The number of pyridine rings is 1. The van der Waals surface area contributed by atoms with Crippen LogP contribution in [0.5, 0.6) is 0 Å². The van der Waals surface area contributed by atoms with Crippen molar-refractivity contribution in [2.24, 2.45) is 4.99 Å². The molecule has 6 nitrogen and oxygen atoms in total. The minimum Gasteiger partial charge on any atom is -0.354 e. The van der Waals surface area contributed by atoms with Crippen LogP contribution in [0.2, 0.25) is 0 Å². The molecule has 2 saturated heterocycles. The molecular weight excluding hydrogens is 471 g/mol. The van der Waals surface area contributed by atoms with E-state index >= 15 is 0 Å². The molecular formula is C19H33IN6S. The molecule has 27 heavy (non-hydrogen) atoms. The zero-order chi connectivity index (χ0) is 18.4. The van der Waals surface area contributed by atoms with Crippen molar-refractivity contribution in [3.05, 3.63) is 23.9 Å². The van der Waals surface area contributed by atoms with E-state index in [9.17, 15) is 0 Å². The lowest BCUT2D eigenvalue weighted by Crippen LogP contribution is -2.47. The summed E-state index contributed by atoms with van der Waals surface area (Å²) in [5, 5.41) is 4.26. The van der Waals surface area contributed by atoms with Gasteiger partial charge in [0, 0.05) is 70.1 Å². The average molecular weight is 504 g/mol. The summed E-state index contributed by atoms with van der Waals surface area (Å²) in [6, 6.07) is 4.31. The summed E-state index contributed by atoms with van der Waals surface area (Å²) >= 11 is 2.09. The molecule has 0 radical (unpaired) electrons. The molecule has 1 aromatic heterocycles. The van der Waals surface area contributed by atoms with Gasteiger partial charge in [0.15, 0.2) is 5.96 Å². The molecule has 0 aromatic carbocycles. The van der Waals surface area contributed by atoms with Crippen molar-refractivity contribution in [1.82, 2.24) is 20.1 Å². The Morgan fingerprint density at radius 3 is 2.78 bits per heavy atom. The SMILES string of the molecule is CCC1CN(C(=NC)NCc2ccnc(N3CCN(C)CC3)c2)CCS1.I. The number of aliphatic imine (C=N–C) groups is 1. The fourth-order valence-electron chi connectivity index (χ4n) is 3.45. The number of rotatable bonds is 4. The van der Waals surface area contributed by atoms with Crippen LogP contribution in [0.15, 0.2) is 23.3 Å². The van der Waals surface area contributed by atoms with Crippen molar-refractivity contribution in [1.29, 1.82) is 0 Å². The number of nitrogens with one attached hydrogen (secondary N) is 1. The van der Waals surface area contributed by atoms with Gasteiger partial charge in [-0.25, -0.2) is 4.98 Å². The standard InChI is InChI=1S/C19H32N6S.HI/c1-4-17-15-25(11-12-26-17)19(20-2)22-14-16-5-6-21-18(13-16)24-9-7-23(3)8-10-24;/h5-6,13,17H,4,7-12,14-15H2,1-3H3,(H,20,22);1H. The van der Waals surface area contributed by atoms with E-state index in [1.54, 1.807) is 0 Å². The van der Waals surface area contributed by atoms with Gasteiger partial charge >= 0.3 is 0 Å². The Labute approximate surface area is 185 Å². The van der Waals surface area contributed by atoms with Gasteiger partial charge in [0.2, 0.25) is 0 Å². The Bertz CT molecular complexity index is 606. The fourth-order valence-corrected chi connectivity index (χ4v) is 4.63. The molecule has 8 heteroatoms. The minimum absolute atomic E-state index is 0. The second-order valence-electron chi connectivity index (χ2n) is 7.06. The number of nitrogens with zero attached hydrogens (tertiary/aromatic N) is 5. The number of aromatic nitrogens is 1. The van der Waals surface area contributed by atoms with Gasteiger partial charge in [0.25, 0.3) is 0 Å². The van der Waals surface area contributed by atoms with Gasteiger partial charge in [-0.2, -0.15) is 11.8 Å². The maximum atomic E-state index is 4.58. The normalized spacial score (nSPS) is 21.7. The van der Waals surface area contributed by atoms with Crippen molar-refractivity contribution in [2.75, 3.05) is 64.0 Å². The molecule has 3 rings (SSSR count). The Balaban J connectivity index is 0.00000261. The first-order chi connectivity index (χ1) is 12.7.